The highest BCUT2D eigenvalue weighted by Gasteiger charge is 2.32. The molecule has 27 heavy (non-hydrogen) atoms. The molecule has 0 saturated carbocycles. The SMILES string of the molecule is CC(=O)N1CCCCCC1C1CCN(Cc2ccc([N+](=O)[O-])cc2)CC1.Cl. The first-order chi connectivity index (χ1) is 12.5. The van der Waals surface area contributed by atoms with Crippen molar-refractivity contribution in [2.45, 2.75) is 58.0 Å². The summed E-state index contributed by atoms with van der Waals surface area (Å²) in [4.78, 5) is 27.0. The maximum Gasteiger partial charge on any atom is 0.269 e. The number of nitro groups is 1. The average molecular weight is 396 g/mol. The topological polar surface area (TPSA) is 66.7 Å². The Balaban J connectivity index is 0.00000261. The van der Waals surface area contributed by atoms with E-state index in [1.807, 2.05) is 12.1 Å². The van der Waals surface area contributed by atoms with E-state index in [0.29, 0.717) is 12.0 Å². The third-order valence-electron chi connectivity index (χ3n) is 5.93. The Bertz CT molecular complexity index is 630. The summed E-state index contributed by atoms with van der Waals surface area (Å²) in [6.45, 7) is 5.53. The quantitative estimate of drug-likeness (QED) is 0.570. The zero-order valence-electron chi connectivity index (χ0n) is 16.0. The second-order valence-corrected chi connectivity index (χ2v) is 7.67. The molecule has 150 valence electrons. The number of amides is 1. The molecule has 3 rings (SSSR count). The standard InChI is InChI=1S/C20H29N3O3.ClH/c1-16(24)22-12-4-2-3-5-20(22)18-10-13-21(14-11-18)15-17-6-8-19(9-7-17)23(25)26;/h6-9,18,20H,2-5,10-15H2,1H3;1H. The molecule has 2 fully saturated rings. The molecule has 2 aliphatic rings. The Labute approximate surface area is 167 Å². The van der Waals surface area contributed by atoms with Crippen LogP contribution in [0.5, 0.6) is 0 Å². The summed E-state index contributed by atoms with van der Waals surface area (Å²) in [6.07, 6.45) is 7.00. The number of halogens is 1. The molecular weight excluding hydrogens is 366 g/mol. The van der Waals surface area contributed by atoms with Gasteiger partial charge in [0.05, 0.1) is 4.92 Å². The molecule has 6 nitrogen and oxygen atoms in total. The van der Waals surface area contributed by atoms with Gasteiger partial charge in [0.2, 0.25) is 5.91 Å². The first kappa shape index (κ1) is 21.6. The molecule has 1 atom stereocenters. The van der Waals surface area contributed by atoms with Gasteiger partial charge in [-0.05, 0) is 50.3 Å². The second kappa shape index (κ2) is 10.0. The normalized spacial score (nSPS) is 22.0. The van der Waals surface area contributed by atoms with Crippen molar-refractivity contribution in [3.05, 3.63) is 39.9 Å². The number of non-ortho nitro benzene ring substituents is 1. The fourth-order valence-corrected chi connectivity index (χ4v) is 4.49. The van der Waals surface area contributed by atoms with E-state index in [1.54, 1.807) is 19.1 Å². The van der Waals surface area contributed by atoms with Crippen molar-refractivity contribution in [1.29, 1.82) is 0 Å². The summed E-state index contributed by atoms with van der Waals surface area (Å²) in [7, 11) is 0. The highest BCUT2D eigenvalue weighted by molar-refractivity contribution is 5.85. The molecule has 0 N–H and O–H groups in total. The number of rotatable bonds is 4. The molecule has 0 spiro atoms. The molecule has 2 aliphatic heterocycles. The van der Waals surface area contributed by atoms with E-state index < -0.39 is 0 Å². The van der Waals surface area contributed by atoms with Gasteiger partial charge in [0.1, 0.15) is 0 Å². The second-order valence-electron chi connectivity index (χ2n) is 7.67. The maximum absolute atomic E-state index is 12.1. The Hall–Kier alpha value is -1.66. The van der Waals surface area contributed by atoms with E-state index in [1.165, 1.54) is 12.8 Å². The van der Waals surface area contributed by atoms with Gasteiger partial charge in [0, 0.05) is 38.2 Å². The lowest BCUT2D eigenvalue weighted by Crippen LogP contribution is -2.47. The van der Waals surface area contributed by atoms with E-state index in [0.717, 1.165) is 57.4 Å². The largest absolute Gasteiger partial charge is 0.340 e. The van der Waals surface area contributed by atoms with Gasteiger partial charge in [0.25, 0.3) is 5.69 Å². The number of hydrogen-bond donors (Lipinski definition) is 0. The summed E-state index contributed by atoms with van der Waals surface area (Å²) < 4.78 is 0. The van der Waals surface area contributed by atoms with E-state index in [2.05, 4.69) is 9.80 Å². The van der Waals surface area contributed by atoms with Crippen molar-refractivity contribution in [2.24, 2.45) is 5.92 Å². The van der Waals surface area contributed by atoms with Crippen LogP contribution in [0.25, 0.3) is 0 Å². The monoisotopic (exact) mass is 395 g/mol. The number of nitrogens with zero attached hydrogens (tertiary/aromatic N) is 3. The lowest BCUT2D eigenvalue weighted by Gasteiger charge is -2.40. The average Bonchev–Trinajstić information content (AvgIpc) is 2.89. The van der Waals surface area contributed by atoms with Gasteiger partial charge in [-0.3, -0.25) is 19.8 Å². The number of nitro benzene ring substituents is 1. The van der Waals surface area contributed by atoms with Crippen LogP contribution in [0.3, 0.4) is 0 Å². The van der Waals surface area contributed by atoms with Crippen LogP contribution in [0, 0.1) is 16.0 Å². The van der Waals surface area contributed by atoms with Crippen LogP contribution in [-0.2, 0) is 11.3 Å². The van der Waals surface area contributed by atoms with Crippen molar-refractivity contribution < 1.29 is 9.72 Å². The first-order valence-electron chi connectivity index (χ1n) is 9.77. The minimum absolute atomic E-state index is 0. The molecule has 1 aromatic carbocycles. The Morgan fingerprint density at radius 1 is 1.07 bits per heavy atom. The van der Waals surface area contributed by atoms with Crippen LogP contribution in [-0.4, -0.2) is 46.3 Å². The van der Waals surface area contributed by atoms with Crippen LogP contribution in [0.2, 0.25) is 0 Å². The molecule has 1 unspecified atom stereocenters. The summed E-state index contributed by atoms with van der Waals surface area (Å²) in [5.74, 6) is 0.829. The van der Waals surface area contributed by atoms with Crippen molar-refractivity contribution in [1.82, 2.24) is 9.80 Å². The summed E-state index contributed by atoms with van der Waals surface area (Å²) in [5, 5.41) is 10.8. The third kappa shape index (κ3) is 5.66. The van der Waals surface area contributed by atoms with Crippen LogP contribution in [0.15, 0.2) is 24.3 Å². The number of carbonyl (C=O) groups excluding carboxylic acids is 1. The molecule has 0 aromatic heterocycles. The molecule has 0 bridgehead atoms. The lowest BCUT2D eigenvalue weighted by atomic mass is 9.86. The Kier molecular flexibility index (Phi) is 8.05. The summed E-state index contributed by atoms with van der Waals surface area (Å²) in [6, 6.07) is 7.29. The highest BCUT2D eigenvalue weighted by Crippen LogP contribution is 2.30. The molecule has 7 heteroatoms. The maximum atomic E-state index is 12.1. The lowest BCUT2D eigenvalue weighted by molar-refractivity contribution is -0.384. The molecule has 2 saturated heterocycles. The summed E-state index contributed by atoms with van der Waals surface area (Å²) in [5.41, 5.74) is 1.26. The van der Waals surface area contributed by atoms with Gasteiger partial charge < -0.3 is 4.90 Å². The van der Waals surface area contributed by atoms with Crippen LogP contribution in [0.4, 0.5) is 5.69 Å². The van der Waals surface area contributed by atoms with Crippen LogP contribution >= 0.6 is 12.4 Å². The zero-order chi connectivity index (χ0) is 18.5. The van der Waals surface area contributed by atoms with Gasteiger partial charge in [0.15, 0.2) is 0 Å². The zero-order valence-corrected chi connectivity index (χ0v) is 16.8. The predicted molar refractivity (Wildman–Crippen MR) is 108 cm³/mol. The highest BCUT2D eigenvalue weighted by atomic mass is 35.5. The Morgan fingerprint density at radius 2 is 1.74 bits per heavy atom. The first-order valence-corrected chi connectivity index (χ1v) is 9.77. The van der Waals surface area contributed by atoms with Crippen molar-refractivity contribution in [2.75, 3.05) is 19.6 Å². The fraction of sp³-hybridized carbons (Fsp3) is 0.650. The number of benzene rings is 1. The number of carbonyl (C=O) groups is 1. The van der Waals surface area contributed by atoms with E-state index in [9.17, 15) is 14.9 Å². The van der Waals surface area contributed by atoms with Crippen LogP contribution in [0.1, 0.15) is 51.0 Å². The van der Waals surface area contributed by atoms with Gasteiger partial charge in [-0.1, -0.05) is 25.0 Å². The fourth-order valence-electron chi connectivity index (χ4n) is 4.49. The summed E-state index contributed by atoms with van der Waals surface area (Å²) >= 11 is 0. The number of hydrogen-bond acceptors (Lipinski definition) is 4. The van der Waals surface area contributed by atoms with E-state index in [-0.39, 0.29) is 28.9 Å². The van der Waals surface area contributed by atoms with Crippen LogP contribution < -0.4 is 0 Å². The molecule has 0 aliphatic carbocycles. The number of likely N-dealkylation sites (tertiary alicyclic amines) is 2. The van der Waals surface area contributed by atoms with Crippen molar-refractivity contribution in [3.8, 4) is 0 Å². The third-order valence-corrected chi connectivity index (χ3v) is 5.93. The van der Waals surface area contributed by atoms with Gasteiger partial charge >= 0.3 is 0 Å². The molecule has 1 amide bonds. The van der Waals surface area contributed by atoms with Crippen molar-refractivity contribution >= 4 is 24.0 Å². The molecule has 2 heterocycles. The van der Waals surface area contributed by atoms with Gasteiger partial charge in [-0.2, -0.15) is 0 Å². The Morgan fingerprint density at radius 3 is 2.33 bits per heavy atom. The van der Waals surface area contributed by atoms with Crippen molar-refractivity contribution in [3.63, 3.8) is 0 Å². The number of piperidine rings is 1. The minimum Gasteiger partial charge on any atom is -0.340 e. The van der Waals surface area contributed by atoms with E-state index >= 15 is 0 Å². The minimum atomic E-state index is -0.358. The van der Waals surface area contributed by atoms with Gasteiger partial charge in [-0.15, -0.1) is 12.4 Å². The molecule has 0 radical (unpaired) electrons. The molecular formula is C20H30ClN3O3. The molecule has 1 aromatic rings. The van der Waals surface area contributed by atoms with Gasteiger partial charge in [-0.25, -0.2) is 0 Å². The predicted octanol–water partition coefficient (Wildman–Crippen LogP) is 4.02. The van der Waals surface area contributed by atoms with E-state index in [4.69, 9.17) is 0 Å². The smallest absolute Gasteiger partial charge is 0.269 e.